The summed E-state index contributed by atoms with van der Waals surface area (Å²) >= 11 is 0. The fourth-order valence-electron chi connectivity index (χ4n) is 4.50. The molecule has 7 nitrogen and oxygen atoms in total. The molecule has 1 saturated heterocycles. The molecule has 2 aromatic carbocycles. The van der Waals surface area contributed by atoms with Gasteiger partial charge in [-0.15, -0.1) is 0 Å². The predicted molar refractivity (Wildman–Crippen MR) is 128 cm³/mol. The Kier molecular flexibility index (Phi) is 5.91. The van der Waals surface area contributed by atoms with Gasteiger partial charge in [0.2, 0.25) is 0 Å². The zero-order valence-corrected chi connectivity index (χ0v) is 19.3. The lowest BCUT2D eigenvalue weighted by atomic mass is 9.92. The first-order valence-electron chi connectivity index (χ1n) is 11.4. The van der Waals surface area contributed by atoms with Gasteiger partial charge in [0.15, 0.2) is 0 Å². The van der Waals surface area contributed by atoms with E-state index in [1.54, 1.807) is 18.2 Å². The van der Waals surface area contributed by atoms with Crippen LogP contribution in [-0.2, 0) is 10.9 Å². The van der Waals surface area contributed by atoms with Crippen LogP contribution < -0.4 is 16.0 Å². The monoisotopic (exact) mass is 496 g/mol. The number of halogens is 3. The number of carbonyl (C=O) groups excluding carboxylic acids is 2. The number of nitrogens with one attached hydrogen (secondary N) is 3. The third-order valence-electron chi connectivity index (χ3n) is 6.46. The summed E-state index contributed by atoms with van der Waals surface area (Å²) in [6.45, 7) is 3.01. The first-order chi connectivity index (χ1) is 17.1. The van der Waals surface area contributed by atoms with Gasteiger partial charge in [-0.3, -0.25) is 14.6 Å². The summed E-state index contributed by atoms with van der Waals surface area (Å²) in [5, 5.41) is 9.21. The summed E-state index contributed by atoms with van der Waals surface area (Å²) in [5.41, 5.74) is 2.42. The molecule has 0 bridgehead atoms. The molecule has 1 aromatic heterocycles. The highest BCUT2D eigenvalue weighted by Crippen LogP contribution is 2.35. The zero-order valence-electron chi connectivity index (χ0n) is 19.3. The highest BCUT2D eigenvalue weighted by molar-refractivity contribution is 6.05. The summed E-state index contributed by atoms with van der Waals surface area (Å²) in [5.74, 6) is -0.826. The van der Waals surface area contributed by atoms with Crippen molar-refractivity contribution >= 4 is 23.2 Å². The third kappa shape index (κ3) is 4.64. The molecule has 3 heterocycles. The van der Waals surface area contributed by atoms with Crippen molar-refractivity contribution in [3.05, 3.63) is 77.1 Å². The molecule has 3 aromatic rings. The second-order valence-electron chi connectivity index (χ2n) is 8.95. The van der Waals surface area contributed by atoms with E-state index >= 15 is 0 Å². The first kappa shape index (κ1) is 23.8. The van der Waals surface area contributed by atoms with E-state index in [9.17, 15) is 22.8 Å². The number of rotatable bonds is 3. The van der Waals surface area contributed by atoms with Crippen molar-refractivity contribution in [2.75, 3.05) is 23.8 Å². The van der Waals surface area contributed by atoms with Crippen molar-refractivity contribution in [2.24, 2.45) is 0 Å². The molecule has 2 aliphatic rings. The molecule has 0 aliphatic carbocycles. The number of nitrogens with zero attached hydrogens (tertiary/aromatic N) is 1. The lowest BCUT2D eigenvalue weighted by Crippen LogP contribution is -2.60. The van der Waals surface area contributed by atoms with Crippen molar-refractivity contribution in [3.8, 4) is 11.1 Å². The van der Waals surface area contributed by atoms with Crippen LogP contribution in [0.25, 0.3) is 11.1 Å². The predicted octanol–water partition coefficient (Wildman–Crippen LogP) is 4.99. The van der Waals surface area contributed by atoms with Crippen molar-refractivity contribution in [2.45, 2.75) is 31.6 Å². The summed E-state index contributed by atoms with van der Waals surface area (Å²) < 4.78 is 44.4. The molecule has 186 valence electrons. The Balaban J connectivity index is 1.42. The van der Waals surface area contributed by atoms with Gasteiger partial charge in [-0.05, 0) is 60.0 Å². The molecular weight excluding hydrogens is 473 g/mol. The Morgan fingerprint density at radius 1 is 1.03 bits per heavy atom. The van der Waals surface area contributed by atoms with Gasteiger partial charge >= 0.3 is 6.18 Å². The Morgan fingerprint density at radius 3 is 2.56 bits per heavy atom. The fourth-order valence-corrected chi connectivity index (χ4v) is 4.50. The van der Waals surface area contributed by atoms with E-state index in [4.69, 9.17) is 4.74 Å². The number of benzene rings is 2. The SMILES string of the molecule is Cc1ccc(NC(=O)c2ccnc(C(F)(F)F)c2)cc1-c1ccc2c(c1)NC1(CCOCC1)NC2=O. The minimum absolute atomic E-state index is 0.148. The molecule has 5 rings (SSSR count). The van der Waals surface area contributed by atoms with Crippen molar-refractivity contribution in [1.29, 1.82) is 0 Å². The molecule has 10 heteroatoms. The normalized spacial score (nSPS) is 16.6. The van der Waals surface area contributed by atoms with Crippen LogP contribution in [0.5, 0.6) is 0 Å². The van der Waals surface area contributed by atoms with Crippen molar-refractivity contribution in [1.82, 2.24) is 10.3 Å². The molecule has 0 radical (unpaired) electrons. The van der Waals surface area contributed by atoms with E-state index in [-0.39, 0.29) is 11.5 Å². The molecule has 1 spiro atoms. The average Bonchev–Trinajstić information content (AvgIpc) is 2.85. The van der Waals surface area contributed by atoms with E-state index in [1.165, 1.54) is 6.07 Å². The molecule has 0 atom stereocenters. The van der Waals surface area contributed by atoms with Crippen LogP contribution in [0, 0.1) is 6.92 Å². The minimum atomic E-state index is -4.64. The largest absolute Gasteiger partial charge is 0.433 e. The van der Waals surface area contributed by atoms with Crippen LogP contribution in [0.1, 0.15) is 44.8 Å². The van der Waals surface area contributed by atoms with Crippen LogP contribution in [0.4, 0.5) is 24.5 Å². The second-order valence-corrected chi connectivity index (χ2v) is 8.95. The summed E-state index contributed by atoms with van der Waals surface area (Å²) in [4.78, 5) is 28.7. The molecule has 0 saturated carbocycles. The van der Waals surface area contributed by atoms with Gasteiger partial charge in [0.1, 0.15) is 11.4 Å². The van der Waals surface area contributed by atoms with Gasteiger partial charge in [0.25, 0.3) is 11.8 Å². The van der Waals surface area contributed by atoms with Gasteiger partial charge in [-0.2, -0.15) is 13.2 Å². The maximum atomic E-state index is 13.0. The molecule has 2 aliphatic heterocycles. The average molecular weight is 496 g/mol. The van der Waals surface area contributed by atoms with E-state index in [2.05, 4.69) is 20.9 Å². The molecule has 36 heavy (non-hydrogen) atoms. The lowest BCUT2D eigenvalue weighted by Gasteiger charge is -2.43. The smallest absolute Gasteiger partial charge is 0.381 e. The maximum absolute atomic E-state index is 13.0. The van der Waals surface area contributed by atoms with E-state index in [1.807, 2.05) is 25.1 Å². The summed E-state index contributed by atoms with van der Waals surface area (Å²) in [7, 11) is 0. The van der Waals surface area contributed by atoms with Crippen LogP contribution in [0.15, 0.2) is 54.7 Å². The van der Waals surface area contributed by atoms with Crippen molar-refractivity contribution in [3.63, 3.8) is 0 Å². The number of amides is 2. The Labute approximate surface area is 205 Å². The van der Waals surface area contributed by atoms with Crippen LogP contribution in [-0.4, -0.2) is 35.7 Å². The van der Waals surface area contributed by atoms with E-state index < -0.39 is 23.4 Å². The number of alkyl halides is 3. The Hall–Kier alpha value is -3.92. The number of carbonyl (C=O) groups is 2. The van der Waals surface area contributed by atoms with Gasteiger partial charge in [-0.1, -0.05) is 12.1 Å². The topological polar surface area (TPSA) is 92.3 Å². The first-order valence-corrected chi connectivity index (χ1v) is 11.4. The van der Waals surface area contributed by atoms with Crippen LogP contribution in [0.2, 0.25) is 0 Å². The van der Waals surface area contributed by atoms with E-state index in [0.29, 0.717) is 43.0 Å². The summed E-state index contributed by atoms with van der Waals surface area (Å²) in [6.07, 6.45) is -2.39. The van der Waals surface area contributed by atoms with Gasteiger partial charge < -0.3 is 20.7 Å². The second kappa shape index (κ2) is 8.94. The number of aryl methyl sites for hydroxylation is 1. The number of aromatic nitrogens is 1. The highest BCUT2D eigenvalue weighted by Gasteiger charge is 2.39. The van der Waals surface area contributed by atoms with Crippen molar-refractivity contribution < 1.29 is 27.5 Å². The minimum Gasteiger partial charge on any atom is -0.381 e. The fraction of sp³-hybridized carbons (Fsp3) is 0.269. The zero-order chi connectivity index (χ0) is 25.5. The standard InChI is InChI=1S/C26H23F3N4O3/c1-15-2-4-18(31-23(34)17-6-9-30-22(13-17)26(27,28)29)14-20(15)16-3-5-19-21(12-16)32-25(33-24(19)35)7-10-36-11-8-25/h2-6,9,12-14,32H,7-8,10-11H2,1H3,(H,31,34)(H,33,35). The number of fused-ring (bicyclic) bond motifs is 1. The lowest BCUT2D eigenvalue weighted by molar-refractivity contribution is -0.141. The van der Waals surface area contributed by atoms with Crippen LogP contribution >= 0.6 is 0 Å². The molecule has 1 fully saturated rings. The van der Waals surface area contributed by atoms with E-state index in [0.717, 1.165) is 29.0 Å². The number of anilines is 2. The van der Waals surface area contributed by atoms with Gasteiger partial charge in [0, 0.05) is 36.0 Å². The van der Waals surface area contributed by atoms with Gasteiger partial charge in [-0.25, -0.2) is 0 Å². The number of pyridine rings is 1. The molecule has 3 N–H and O–H groups in total. The summed E-state index contributed by atoms with van der Waals surface area (Å²) in [6, 6.07) is 12.7. The number of hydrogen-bond donors (Lipinski definition) is 3. The molecule has 0 unspecified atom stereocenters. The highest BCUT2D eigenvalue weighted by atomic mass is 19.4. The molecule has 2 amide bonds. The Bertz CT molecular complexity index is 1350. The third-order valence-corrected chi connectivity index (χ3v) is 6.46. The van der Waals surface area contributed by atoms with Crippen LogP contribution in [0.3, 0.4) is 0 Å². The quantitative estimate of drug-likeness (QED) is 0.475. The van der Waals surface area contributed by atoms with Gasteiger partial charge in [0.05, 0.1) is 18.8 Å². The number of ether oxygens (including phenoxy) is 1. The maximum Gasteiger partial charge on any atom is 0.433 e. The number of hydrogen-bond acceptors (Lipinski definition) is 5. The Morgan fingerprint density at radius 2 is 1.81 bits per heavy atom. The molecular formula is C26H23F3N4O3.